The third-order valence-electron chi connectivity index (χ3n) is 2.61. The average molecular weight is 233 g/mol. The lowest BCUT2D eigenvalue weighted by Crippen LogP contribution is -2.23. The summed E-state index contributed by atoms with van der Waals surface area (Å²) in [5, 5.41) is 0. The van der Waals surface area contributed by atoms with Crippen molar-refractivity contribution < 1.29 is 14.3 Å². The third kappa shape index (κ3) is 2.64. The number of nitrogens with zero attached hydrogens (tertiary/aromatic N) is 1. The molecule has 1 fully saturated rings. The van der Waals surface area contributed by atoms with Crippen LogP contribution in [-0.2, 0) is 0 Å². The zero-order chi connectivity index (χ0) is 12.4. The van der Waals surface area contributed by atoms with Crippen molar-refractivity contribution in [3.8, 4) is 5.75 Å². The standard InChI is InChI=1S/C13H15NO3/c1-14(2)13(16)12-6-5-11(7-9(12)8-15)17-10-3-4-10/h5-8,10H,3-4H2,1-2H3. The Labute approximate surface area is 100 Å². The number of hydrogen-bond acceptors (Lipinski definition) is 3. The van der Waals surface area contributed by atoms with Crippen molar-refractivity contribution in [2.75, 3.05) is 14.1 Å². The Morgan fingerprint density at radius 1 is 1.41 bits per heavy atom. The van der Waals surface area contributed by atoms with Gasteiger partial charge in [0.1, 0.15) is 5.75 Å². The van der Waals surface area contributed by atoms with Gasteiger partial charge in [-0.2, -0.15) is 0 Å². The van der Waals surface area contributed by atoms with Gasteiger partial charge in [0.25, 0.3) is 5.91 Å². The first-order valence-corrected chi connectivity index (χ1v) is 5.59. The summed E-state index contributed by atoms with van der Waals surface area (Å²) in [7, 11) is 3.32. The van der Waals surface area contributed by atoms with Crippen LogP contribution in [0.25, 0.3) is 0 Å². The Balaban J connectivity index is 2.27. The Hall–Kier alpha value is -1.84. The zero-order valence-corrected chi connectivity index (χ0v) is 9.97. The highest BCUT2D eigenvalue weighted by atomic mass is 16.5. The van der Waals surface area contributed by atoms with Gasteiger partial charge in [0, 0.05) is 19.7 Å². The first-order valence-electron chi connectivity index (χ1n) is 5.59. The fraction of sp³-hybridized carbons (Fsp3) is 0.385. The maximum absolute atomic E-state index is 11.8. The molecule has 0 heterocycles. The molecule has 0 bridgehead atoms. The van der Waals surface area contributed by atoms with Crippen molar-refractivity contribution >= 4 is 12.2 Å². The molecule has 1 aliphatic carbocycles. The molecule has 1 aliphatic rings. The summed E-state index contributed by atoms with van der Waals surface area (Å²) in [5.74, 6) is 0.481. The molecule has 17 heavy (non-hydrogen) atoms. The highest BCUT2D eigenvalue weighted by molar-refractivity contribution is 6.01. The number of aldehydes is 1. The van der Waals surface area contributed by atoms with Crippen LogP contribution in [0.5, 0.6) is 5.75 Å². The molecule has 0 unspecified atom stereocenters. The average Bonchev–Trinajstić information content (AvgIpc) is 3.11. The van der Waals surface area contributed by atoms with Gasteiger partial charge in [0.2, 0.25) is 0 Å². The van der Waals surface area contributed by atoms with Crippen LogP contribution in [0.15, 0.2) is 18.2 Å². The van der Waals surface area contributed by atoms with E-state index in [-0.39, 0.29) is 12.0 Å². The van der Waals surface area contributed by atoms with Gasteiger partial charge >= 0.3 is 0 Å². The van der Waals surface area contributed by atoms with E-state index < -0.39 is 0 Å². The maximum atomic E-state index is 11.8. The lowest BCUT2D eigenvalue weighted by molar-refractivity contribution is 0.0824. The van der Waals surface area contributed by atoms with E-state index in [1.165, 1.54) is 4.90 Å². The van der Waals surface area contributed by atoms with Gasteiger partial charge in [-0.15, -0.1) is 0 Å². The van der Waals surface area contributed by atoms with Crippen molar-refractivity contribution in [1.82, 2.24) is 4.90 Å². The lowest BCUT2D eigenvalue weighted by atomic mass is 10.1. The SMILES string of the molecule is CN(C)C(=O)c1ccc(OC2CC2)cc1C=O. The van der Waals surface area contributed by atoms with Crippen molar-refractivity contribution in [2.45, 2.75) is 18.9 Å². The summed E-state index contributed by atoms with van der Waals surface area (Å²) in [6, 6.07) is 5.01. The smallest absolute Gasteiger partial charge is 0.254 e. The Morgan fingerprint density at radius 2 is 2.12 bits per heavy atom. The number of benzene rings is 1. The molecule has 1 amide bonds. The summed E-state index contributed by atoms with van der Waals surface area (Å²) in [4.78, 5) is 24.2. The van der Waals surface area contributed by atoms with Gasteiger partial charge in [0.15, 0.2) is 6.29 Å². The molecule has 0 spiro atoms. The van der Waals surface area contributed by atoms with E-state index in [4.69, 9.17) is 4.74 Å². The molecule has 2 rings (SSSR count). The van der Waals surface area contributed by atoms with E-state index in [0.717, 1.165) is 12.8 Å². The van der Waals surface area contributed by atoms with Crippen LogP contribution < -0.4 is 4.74 Å². The monoisotopic (exact) mass is 233 g/mol. The van der Waals surface area contributed by atoms with Crippen molar-refractivity contribution in [1.29, 1.82) is 0 Å². The second-order valence-corrected chi connectivity index (χ2v) is 4.38. The molecule has 0 aliphatic heterocycles. The van der Waals surface area contributed by atoms with Crippen molar-refractivity contribution in [2.24, 2.45) is 0 Å². The van der Waals surface area contributed by atoms with Crippen LogP contribution in [-0.4, -0.2) is 37.3 Å². The Morgan fingerprint density at radius 3 is 2.65 bits per heavy atom. The van der Waals surface area contributed by atoms with Crippen LogP contribution in [0.4, 0.5) is 0 Å². The van der Waals surface area contributed by atoms with Gasteiger partial charge < -0.3 is 9.64 Å². The van der Waals surface area contributed by atoms with Gasteiger partial charge in [-0.1, -0.05) is 0 Å². The van der Waals surface area contributed by atoms with Crippen molar-refractivity contribution in [3.05, 3.63) is 29.3 Å². The molecule has 0 saturated heterocycles. The molecule has 1 saturated carbocycles. The molecule has 0 radical (unpaired) electrons. The van der Waals surface area contributed by atoms with Crippen LogP contribution in [0, 0.1) is 0 Å². The highest BCUT2D eigenvalue weighted by Crippen LogP contribution is 2.27. The molecule has 1 aromatic rings. The summed E-state index contributed by atoms with van der Waals surface area (Å²) >= 11 is 0. The van der Waals surface area contributed by atoms with E-state index in [0.29, 0.717) is 23.2 Å². The number of hydrogen-bond donors (Lipinski definition) is 0. The first-order chi connectivity index (χ1) is 8.11. The molecular formula is C13H15NO3. The normalized spacial score (nSPS) is 14.2. The molecule has 0 atom stereocenters. The summed E-state index contributed by atoms with van der Waals surface area (Å²) < 4.78 is 5.58. The fourth-order valence-corrected chi connectivity index (χ4v) is 1.53. The Bertz CT molecular complexity index is 450. The summed E-state index contributed by atoms with van der Waals surface area (Å²) in [6.45, 7) is 0. The third-order valence-corrected chi connectivity index (χ3v) is 2.61. The predicted molar refractivity (Wildman–Crippen MR) is 63.5 cm³/mol. The van der Waals surface area contributed by atoms with Gasteiger partial charge in [-0.05, 0) is 31.0 Å². The maximum Gasteiger partial charge on any atom is 0.254 e. The highest BCUT2D eigenvalue weighted by Gasteiger charge is 2.24. The number of carbonyl (C=O) groups is 2. The number of carbonyl (C=O) groups excluding carboxylic acids is 2. The zero-order valence-electron chi connectivity index (χ0n) is 9.97. The van der Waals surface area contributed by atoms with E-state index in [1.54, 1.807) is 32.3 Å². The summed E-state index contributed by atoms with van der Waals surface area (Å²) in [5.41, 5.74) is 0.787. The van der Waals surface area contributed by atoms with Crippen LogP contribution >= 0.6 is 0 Å². The van der Waals surface area contributed by atoms with E-state index in [9.17, 15) is 9.59 Å². The van der Waals surface area contributed by atoms with E-state index in [1.807, 2.05) is 0 Å². The second kappa shape index (κ2) is 4.57. The number of amides is 1. The Kier molecular flexibility index (Phi) is 3.13. The number of ether oxygens (including phenoxy) is 1. The van der Waals surface area contributed by atoms with Gasteiger partial charge in [0.05, 0.1) is 11.7 Å². The number of rotatable bonds is 4. The second-order valence-electron chi connectivity index (χ2n) is 4.38. The van der Waals surface area contributed by atoms with Crippen LogP contribution in [0.3, 0.4) is 0 Å². The minimum absolute atomic E-state index is 0.176. The van der Waals surface area contributed by atoms with Gasteiger partial charge in [-0.3, -0.25) is 9.59 Å². The molecule has 4 heteroatoms. The largest absolute Gasteiger partial charge is 0.490 e. The predicted octanol–water partition coefficient (Wildman–Crippen LogP) is 1.74. The molecular weight excluding hydrogens is 218 g/mol. The molecule has 0 N–H and O–H groups in total. The van der Waals surface area contributed by atoms with Crippen LogP contribution in [0.2, 0.25) is 0 Å². The lowest BCUT2D eigenvalue weighted by Gasteiger charge is -2.13. The minimum Gasteiger partial charge on any atom is -0.490 e. The quantitative estimate of drug-likeness (QED) is 0.744. The first kappa shape index (κ1) is 11.6. The summed E-state index contributed by atoms with van der Waals surface area (Å²) in [6.07, 6.45) is 3.10. The van der Waals surface area contributed by atoms with Crippen LogP contribution in [0.1, 0.15) is 33.6 Å². The molecule has 4 nitrogen and oxygen atoms in total. The molecule has 1 aromatic carbocycles. The topological polar surface area (TPSA) is 46.6 Å². The minimum atomic E-state index is -0.176. The van der Waals surface area contributed by atoms with E-state index >= 15 is 0 Å². The van der Waals surface area contributed by atoms with E-state index in [2.05, 4.69) is 0 Å². The fourth-order valence-electron chi connectivity index (χ4n) is 1.53. The molecule has 0 aromatic heterocycles. The van der Waals surface area contributed by atoms with Gasteiger partial charge in [-0.25, -0.2) is 0 Å². The van der Waals surface area contributed by atoms with Crippen molar-refractivity contribution in [3.63, 3.8) is 0 Å². The molecule has 90 valence electrons.